The molecule has 0 saturated carbocycles. The van der Waals surface area contributed by atoms with Gasteiger partial charge in [0.25, 0.3) is 0 Å². The van der Waals surface area contributed by atoms with E-state index in [-0.39, 0.29) is 0 Å². The maximum atomic E-state index is 10.9. The Hall–Kier alpha value is -1.52. The number of carbonyl (C=O) groups is 1. The van der Waals surface area contributed by atoms with Crippen molar-refractivity contribution in [3.63, 3.8) is 0 Å². The normalized spacial score (nSPS) is 12.2. The lowest BCUT2D eigenvalue weighted by atomic mass is 10.2. The summed E-state index contributed by atoms with van der Waals surface area (Å²) in [5.41, 5.74) is 0.937. The summed E-state index contributed by atoms with van der Waals surface area (Å²) >= 11 is 6.10. The van der Waals surface area contributed by atoms with E-state index in [0.717, 1.165) is 5.56 Å². The van der Waals surface area contributed by atoms with Crippen LogP contribution in [0.15, 0.2) is 30.9 Å². The van der Waals surface area contributed by atoms with Crippen LogP contribution in [-0.4, -0.2) is 35.7 Å². The van der Waals surface area contributed by atoms with E-state index in [1.165, 1.54) is 0 Å². The standard InChI is InChI=1S/C14H18ClNO3/c1-4-7-19-13-6-5-11(8-12(13)15)9-16(3)10(2)14(17)18/h4-6,8,10H,1,7,9H2,2-3H3,(H,17,18). The van der Waals surface area contributed by atoms with E-state index in [2.05, 4.69) is 6.58 Å². The molecule has 1 aromatic rings. The van der Waals surface area contributed by atoms with E-state index < -0.39 is 12.0 Å². The number of carboxylic acids is 1. The van der Waals surface area contributed by atoms with E-state index in [4.69, 9.17) is 21.4 Å². The average Bonchev–Trinajstić information content (AvgIpc) is 2.36. The predicted molar refractivity (Wildman–Crippen MR) is 75.7 cm³/mol. The highest BCUT2D eigenvalue weighted by molar-refractivity contribution is 6.32. The molecule has 0 spiro atoms. The third-order valence-corrected chi connectivity index (χ3v) is 3.10. The molecular weight excluding hydrogens is 266 g/mol. The summed E-state index contributed by atoms with van der Waals surface area (Å²) < 4.78 is 5.37. The molecule has 1 atom stereocenters. The molecule has 0 bridgehead atoms. The Labute approximate surface area is 118 Å². The second-order valence-electron chi connectivity index (χ2n) is 4.29. The van der Waals surface area contributed by atoms with Crippen LogP contribution in [0.2, 0.25) is 5.02 Å². The number of nitrogens with zero attached hydrogens (tertiary/aromatic N) is 1. The fourth-order valence-corrected chi connectivity index (χ4v) is 1.78. The number of carboxylic acid groups (broad SMARTS) is 1. The second-order valence-corrected chi connectivity index (χ2v) is 4.70. The zero-order chi connectivity index (χ0) is 14.4. The molecule has 0 aromatic heterocycles. The van der Waals surface area contributed by atoms with Crippen molar-refractivity contribution in [3.05, 3.63) is 41.4 Å². The average molecular weight is 284 g/mol. The molecule has 1 rings (SSSR count). The minimum atomic E-state index is -0.848. The molecule has 1 aromatic carbocycles. The molecule has 0 amide bonds. The lowest BCUT2D eigenvalue weighted by Gasteiger charge is -2.21. The molecule has 0 aliphatic carbocycles. The van der Waals surface area contributed by atoms with Gasteiger partial charge in [-0.1, -0.05) is 30.3 Å². The third kappa shape index (κ3) is 4.58. The van der Waals surface area contributed by atoms with E-state index in [9.17, 15) is 4.79 Å². The lowest BCUT2D eigenvalue weighted by molar-refractivity contribution is -0.142. The highest BCUT2D eigenvalue weighted by Crippen LogP contribution is 2.26. The summed E-state index contributed by atoms with van der Waals surface area (Å²) in [5, 5.41) is 9.44. The monoisotopic (exact) mass is 283 g/mol. The molecule has 104 valence electrons. The Kier molecular flexibility index (Phi) is 5.86. The van der Waals surface area contributed by atoms with Gasteiger partial charge >= 0.3 is 5.97 Å². The van der Waals surface area contributed by atoms with Crippen molar-refractivity contribution < 1.29 is 14.6 Å². The van der Waals surface area contributed by atoms with Crippen LogP contribution < -0.4 is 4.74 Å². The fraction of sp³-hybridized carbons (Fsp3) is 0.357. The van der Waals surface area contributed by atoms with Crippen molar-refractivity contribution in [1.29, 1.82) is 0 Å². The van der Waals surface area contributed by atoms with Crippen molar-refractivity contribution in [1.82, 2.24) is 4.90 Å². The van der Waals surface area contributed by atoms with Crippen molar-refractivity contribution in [3.8, 4) is 5.75 Å². The van der Waals surface area contributed by atoms with E-state index >= 15 is 0 Å². The second kappa shape index (κ2) is 7.16. The van der Waals surface area contributed by atoms with Crippen LogP contribution in [0.4, 0.5) is 0 Å². The number of hydrogen-bond acceptors (Lipinski definition) is 3. The molecule has 19 heavy (non-hydrogen) atoms. The largest absolute Gasteiger partial charge is 0.488 e. The summed E-state index contributed by atoms with van der Waals surface area (Å²) in [6, 6.07) is 4.89. The summed E-state index contributed by atoms with van der Waals surface area (Å²) in [6.07, 6.45) is 1.65. The quantitative estimate of drug-likeness (QED) is 0.782. The molecule has 0 fully saturated rings. The maximum Gasteiger partial charge on any atom is 0.320 e. The summed E-state index contributed by atoms with van der Waals surface area (Å²) in [5.74, 6) is -0.251. The first kappa shape index (κ1) is 15.5. The third-order valence-electron chi connectivity index (χ3n) is 2.80. The first-order valence-corrected chi connectivity index (χ1v) is 6.28. The zero-order valence-corrected chi connectivity index (χ0v) is 11.9. The van der Waals surface area contributed by atoms with Gasteiger partial charge in [0.15, 0.2) is 0 Å². The van der Waals surface area contributed by atoms with Crippen LogP contribution in [0, 0.1) is 0 Å². The fourth-order valence-electron chi connectivity index (χ4n) is 1.52. The molecule has 1 N–H and O–H groups in total. The molecule has 0 heterocycles. The topological polar surface area (TPSA) is 49.8 Å². The van der Waals surface area contributed by atoms with Gasteiger partial charge in [0.05, 0.1) is 5.02 Å². The first-order chi connectivity index (χ1) is 8.95. The number of ether oxygens (including phenoxy) is 1. The molecule has 5 heteroatoms. The van der Waals surface area contributed by atoms with Gasteiger partial charge in [0.2, 0.25) is 0 Å². The van der Waals surface area contributed by atoms with Gasteiger partial charge in [-0.15, -0.1) is 0 Å². The summed E-state index contributed by atoms with van der Waals surface area (Å²) in [6.45, 7) is 6.12. The first-order valence-electron chi connectivity index (χ1n) is 5.91. The summed E-state index contributed by atoms with van der Waals surface area (Å²) in [7, 11) is 1.76. The van der Waals surface area contributed by atoms with Crippen LogP contribution in [-0.2, 0) is 11.3 Å². The SMILES string of the molecule is C=CCOc1ccc(CN(C)C(C)C(=O)O)cc1Cl. The van der Waals surface area contributed by atoms with Crippen molar-refractivity contribution in [2.45, 2.75) is 19.5 Å². The highest BCUT2D eigenvalue weighted by Gasteiger charge is 2.17. The molecule has 0 saturated heterocycles. The van der Waals surface area contributed by atoms with Gasteiger partial charge in [-0.2, -0.15) is 0 Å². The predicted octanol–water partition coefficient (Wildman–Crippen LogP) is 2.81. The number of likely N-dealkylation sites (N-methyl/N-ethyl adjacent to an activating group) is 1. The highest BCUT2D eigenvalue weighted by atomic mass is 35.5. The van der Waals surface area contributed by atoms with Crippen LogP contribution in [0.5, 0.6) is 5.75 Å². The summed E-state index contributed by atoms with van der Waals surface area (Å²) in [4.78, 5) is 12.6. The van der Waals surface area contributed by atoms with Crippen molar-refractivity contribution in [2.24, 2.45) is 0 Å². The van der Waals surface area contributed by atoms with Crippen molar-refractivity contribution >= 4 is 17.6 Å². The van der Waals surface area contributed by atoms with E-state index in [1.54, 1.807) is 37.1 Å². The molecule has 0 aliphatic heterocycles. The Morgan fingerprint density at radius 2 is 2.32 bits per heavy atom. The minimum Gasteiger partial charge on any atom is -0.488 e. The maximum absolute atomic E-state index is 10.9. The van der Waals surface area contributed by atoms with Crippen LogP contribution >= 0.6 is 11.6 Å². The Morgan fingerprint density at radius 1 is 1.63 bits per heavy atom. The van der Waals surface area contributed by atoms with Gasteiger partial charge in [-0.05, 0) is 31.7 Å². The number of halogens is 1. The molecular formula is C14H18ClNO3. The van der Waals surface area contributed by atoms with Gasteiger partial charge in [0.1, 0.15) is 18.4 Å². The van der Waals surface area contributed by atoms with E-state index in [1.807, 2.05) is 6.07 Å². The smallest absolute Gasteiger partial charge is 0.320 e. The van der Waals surface area contributed by atoms with E-state index in [0.29, 0.717) is 23.9 Å². The number of aliphatic carboxylic acids is 1. The Bertz CT molecular complexity index is 462. The molecule has 0 aliphatic rings. The number of rotatable bonds is 7. The van der Waals surface area contributed by atoms with Crippen LogP contribution in [0.3, 0.4) is 0 Å². The minimum absolute atomic E-state index is 0.398. The van der Waals surface area contributed by atoms with Crippen LogP contribution in [0.25, 0.3) is 0 Å². The zero-order valence-electron chi connectivity index (χ0n) is 11.1. The Balaban J connectivity index is 2.72. The van der Waals surface area contributed by atoms with Gasteiger partial charge in [-0.3, -0.25) is 9.69 Å². The number of hydrogen-bond donors (Lipinski definition) is 1. The van der Waals surface area contributed by atoms with Gasteiger partial charge < -0.3 is 9.84 Å². The Morgan fingerprint density at radius 3 is 2.84 bits per heavy atom. The van der Waals surface area contributed by atoms with Crippen molar-refractivity contribution in [2.75, 3.05) is 13.7 Å². The molecule has 0 radical (unpaired) electrons. The molecule has 4 nitrogen and oxygen atoms in total. The number of benzene rings is 1. The van der Waals surface area contributed by atoms with Crippen LogP contribution in [0.1, 0.15) is 12.5 Å². The van der Waals surface area contributed by atoms with Gasteiger partial charge in [0, 0.05) is 6.54 Å². The molecule has 1 unspecified atom stereocenters. The van der Waals surface area contributed by atoms with Gasteiger partial charge in [-0.25, -0.2) is 0 Å². The lowest BCUT2D eigenvalue weighted by Crippen LogP contribution is -2.35.